The molecule has 0 aliphatic heterocycles. The third kappa shape index (κ3) is 9.06. The highest BCUT2D eigenvalue weighted by Crippen LogP contribution is 1.80. The molecule has 0 aliphatic carbocycles. The number of hydrazine groups is 1. The Hall–Kier alpha value is -0.850. The van der Waals surface area contributed by atoms with E-state index in [1.165, 1.54) is 0 Å². The Morgan fingerprint density at radius 2 is 1.85 bits per heavy atom. The van der Waals surface area contributed by atoms with Crippen molar-refractivity contribution in [2.45, 2.75) is 6.92 Å². The summed E-state index contributed by atoms with van der Waals surface area (Å²) in [6.45, 7) is 4.18. The standard InChI is InChI=1S/C7H16N2O4/c1-2-11-3-4-12-5-6-13-7(10)9-8/h2-6,8H2,1H3,(H,9,10). The van der Waals surface area contributed by atoms with Crippen molar-refractivity contribution in [3.63, 3.8) is 0 Å². The fourth-order valence-corrected chi connectivity index (χ4v) is 0.599. The number of hydrogen-bond donors (Lipinski definition) is 2. The van der Waals surface area contributed by atoms with Crippen LogP contribution in [0.1, 0.15) is 6.92 Å². The molecule has 0 saturated carbocycles. The van der Waals surface area contributed by atoms with E-state index in [0.717, 1.165) is 0 Å². The number of rotatable bonds is 7. The van der Waals surface area contributed by atoms with Crippen molar-refractivity contribution in [2.24, 2.45) is 5.84 Å². The van der Waals surface area contributed by atoms with E-state index in [2.05, 4.69) is 4.74 Å². The minimum atomic E-state index is -0.659. The zero-order valence-corrected chi connectivity index (χ0v) is 7.75. The zero-order chi connectivity index (χ0) is 9.94. The zero-order valence-electron chi connectivity index (χ0n) is 7.75. The van der Waals surface area contributed by atoms with Crippen LogP contribution < -0.4 is 11.3 Å². The predicted octanol–water partition coefficient (Wildman–Crippen LogP) is -0.361. The molecule has 0 heterocycles. The van der Waals surface area contributed by atoms with E-state index in [4.69, 9.17) is 15.3 Å². The topological polar surface area (TPSA) is 82.8 Å². The van der Waals surface area contributed by atoms with Gasteiger partial charge in [-0.3, -0.25) is 5.43 Å². The monoisotopic (exact) mass is 192 g/mol. The number of carbonyl (C=O) groups excluding carboxylic acids is 1. The highest BCUT2D eigenvalue weighted by Gasteiger charge is 1.96. The summed E-state index contributed by atoms with van der Waals surface area (Å²) >= 11 is 0. The van der Waals surface area contributed by atoms with Crippen LogP contribution in [-0.4, -0.2) is 39.1 Å². The average molecular weight is 192 g/mol. The van der Waals surface area contributed by atoms with Gasteiger partial charge in [0.05, 0.1) is 19.8 Å². The number of hydrogen-bond acceptors (Lipinski definition) is 5. The summed E-state index contributed by atoms with van der Waals surface area (Å²) < 4.78 is 14.6. The minimum Gasteiger partial charge on any atom is -0.446 e. The molecule has 13 heavy (non-hydrogen) atoms. The van der Waals surface area contributed by atoms with Gasteiger partial charge in [-0.05, 0) is 6.92 Å². The van der Waals surface area contributed by atoms with Gasteiger partial charge < -0.3 is 14.2 Å². The molecule has 0 aromatic heterocycles. The maximum Gasteiger partial charge on any atom is 0.421 e. The summed E-state index contributed by atoms with van der Waals surface area (Å²) in [7, 11) is 0. The Kier molecular flexibility index (Phi) is 8.64. The van der Waals surface area contributed by atoms with Crippen molar-refractivity contribution in [1.29, 1.82) is 0 Å². The van der Waals surface area contributed by atoms with Crippen molar-refractivity contribution in [1.82, 2.24) is 5.43 Å². The first-order valence-electron chi connectivity index (χ1n) is 4.10. The largest absolute Gasteiger partial charge is 0.446 e. The SMILES string of the molecule is CCOCCOCCOC(=O)NN. The van der Waals surface area contributed by atoms with Crippen LogP contribution in [0.4, 0.5) is 4.79 Å². The van der Waals surface area contributed by atoms with Crippen molar-refractivity contribution < 1.29 is 19.0 Å². The van der Waals surface area contributed by atoms with Crippen LogP contribution >= 0.6 is 0 Å². The van der Waals surface area contributed by atoms with Gasteiger partial charge in [0, 0.05) is 6.61 Å². The number of ether oxygens (including phenoxy) is 3. The van der Waals surface area contributed by atoms with E-state index >= 15 is 0 Å². The second kappa shape index (κ2) is 9.24. The van der Waals surface area contributed by atoms with Crippen LogP contribution in [0, 0.1) is 0 Å². The molecular formula is C7H16N2O4. The fourth-order valence-electron chi connectivity index (χ4n) is 0.599. The molecule has 0 bridgehead atoms. The van der Waals surface area contributed by atoms with Crippen LogP contribution in [0.2, 0.25) is 0 Å². The lowest BCUT2D eigenvalue weighted by molar-refractivity contribution is 0.0314. The van der Waals surface area contributed by atoms with E-state index in [1.54, 1.807) is 0 Å². The maximum atomic E-state index is 10.4. The first-order chi connectivity index (χ1) is 6.31. The lowest BCUT2D eigenvalue weighted by Gasteiger charge is -2.05. The molecule has 0 fully saturated rings. The Balaban J connectivity index is 2.95. The molecule has 78 valence electrons. The number of nitrogens with one attached hydrogen (secondary N) is 1. The lowest BCUT2D eigenvalue weighted by atomic mass is 10.7. The third-order valence-corrected chi connectivity index (χ3v) is 1.15. The molecule has 0 aliphatic rings. The second-order valence-corrected chi connectivity index (χ2v) is 2.09. The summed E-state index contributed by atoms with van der Waals surface area (Å²) in [6.07, 6.45) is -0.659. The molecule has 3 N–H and O–H groups in total. The van der Waals surface area contributed by atoms with Crippen molar-refractivity contribution in [3.8, 4) is 0 Å². The molecule has 0 radical (unpaired) electrons. The second-order valence-electron chi connectivity index (χ2n) is 2.09. The van der Waals surface area contributed by atoms with Gasteiger partial charge >= 0.3 is 6.09 Å². The first-order valence-corrected chi connectivity index (χ1v) is 4.10. The molecule has 0 saturated heterocycles. The summed E-state index contributed by atoms with van der Waals surface area (Å²) in [5.74, 6) is 4.77. The highest BCUT2D eigenvalue weighted by atomic mass is 16.6. The number of carbonyl (C=O) groups is 1. The van der Waals surface area contributed by atoms with Gasteiger partial charge in [-0.1, -0.05) is 0 Å². The Morgan fingerprint density at radius 3 is 2.46 bits per heavy atom. The molecule has 0 atom stereocenters. The first kappa shape index (κ1) is 12.2. The highest BCUT2D eigenvalue weighted by molar-refractivity contribution is 5.66. The predicted molar refractivity (Wildman–Crippen MR) is 46.0 cm³/mol. The maximum absolute atomic E-state index is 10.4. The Labute approximate surface area is 77.3 Å². The Morgan fingerprint density at radius 1 is 1.23 bits per heavy atom. The molecule has 6 nitrogen and oxygen atoms in total. The van der Waals surface area contributed by atoms with Gasteiger partial charge in [0.2, 0.25) is 0 Å². The van der Waals surface area contributed by atoms with Gasteiger partial charge in [-0.25, -0.2) is 10.6 Å². The lowest BCUT2D eigenvalue weighted by Crippen LogP contribution is -2.31. The van der Waals surface area contributed by atoms with E-state index in [0.29, 0.717) is 26.4 Å². The average Bonchev–Trinajstić information content (AvgIpc) is 2.16. The van der Waals surface area contributed by atoms with E-state index in [1.807, 2.05) is 12.3 Å². The summed E-state index contributed by atoms with van der Waals surface area (Å²) in [5, 5.41) is 0. The van der Waals surface area contributed by atoms with Crippen LogP contribution in [0.5, 0.6) is 0 Å². The van der Waals surface area contributed by atoms with Gasteiger partial charge in [0.1, 0.15) is 6.61 Å². The number of amides is 1. The van der Waals surface area contributed by atoms with Gasteiger partial charge in [-0.2, -0.15) is 0 Å². The van der Waals surface area contributed by atoms with Gasteiger partial charge in [-0.15, -0.1) is 0 Å². The Bertz CT molecular complexity index is 132. The third-order valence-electron chi connectivity index (χ3n) is 1.15. The quantitative estimate of drug-likeness (QED) is 0.249. The summed E-state index contributed by atoms with van der Waals surface area (Å²) in [5.41, 5.74) is 1.83. The van der Waals surface area contributed by atoms with Crippen molar-refractivity contribution in [2.75, 3.05) is 33.0 Å². The van der Waals surface area contributed by atoms with E-state index in [9.17, 15) is 4.79 Å². The minimum absolute atomic E-state index is 0.190. The number of nitrogens with two attached hydrogens (primary N) is 1. The molecule has 0 unspecified atom stereocenters. The molecular weight excluding hydrogens is 176 g/mol. The summed E-state index contributed by atoms with van der Waals surface area (Å²) in [6, 6.07) is 0. The molecule has 6 heteroatoms. The van der Waals surface area contributed by atoms with Crippen molar-refractivity contribution >= 4 is 6.09 Å². The van der Waals surface area contributed by atoms with Crippen LogP contribution in [0.25, 0.3) is 0 Å². The van der Waals surface area contributed by atoms with Crippen molar-refractivity contribution in [3.05, 3.63) is 0 Å². The molecule has 0 spiro atoms. The molecule has 0 aromatic carbocycles. The molecule has 1 amide bonds. The smallest absolute Gasteiger partial charge is 0.421 e. The fraction of sp³-hybridized carbons (Fsp3) is 0.857. The summed E-state index contributed by atoms with van der Waals surface area (Å²) in [4.78, 5) is 10.4. The van der Waals surface area contributed by atoms with Gasteiger partial charge in [0.25, 0.3) is 0 Å². The molecule has 0 rings (SSSR count). The van der Waals surface area contributed by atoms with Crippen LogP contribution in [-0.2, 0) is 14.2 Å². The normalized spacial score (nSPS) is 9.69. The van der Waals surface area contributed by atoms with E-state index in [-0.39, 0.29) is 6.61 Å². The van der Waals surface area contributed by atoms with Crippen LogP contribution in [0.15, 0.2) is 0 Å². The molecule has 0 aromatic rings. The van der Waals surface area contributed by atoms with E-state index < -0.39 is 6.09 Å². The van der Waals surface area contributed by atoms with Crippen LogP contribution in [0.3, 0.4) is 0 Å². The van der Waals surface area contributed by atoms with Gasteiger partial charge in [0.15, 0.2) is 0 Å².